The number of anilines is 1. The van der Waals surface area contributed by atoms with Crippen LogP contribution in [0.3, 0.4) is 0 Å². The Morgan fingerprint density at radius 3 is 2.38 bits per heavy atom. The minimum atomic E-state index is -1.72. The van der Waals surface area contributed by atoms with E-state index in [1.165, 1.54) is 7.11 Å². The summed E-state index contributed by atoms with van der Waals surface area (Å²) in [4.78, 5) is 29.4. The van der Waals surface area contributed by atoms with Crippen LogP contribution < -0.4 is 10.1 Å². The zero-order chi connectivity index (χ0) is 26.2. The van der Waals surface area contributed by atoms with Gasteiger partial charge in [-0.25, -0.2) is 0 Å². The number of methoxy groups -OCH3 is 2. The van der Waals surface area contributed by atoms with E-state index in [0.717, 1.165) is 11.1 Å². The normalized spacial score (nSPS) is 23.4. The molecule has 2 heterocycles. The molecule has 0 aliphatic carbocycles. The first-order valence-corrected chi connectivity index (χ1v) is 12.1. The van der Waals surface area contributed by atoms with Gasteiger partial charge in [0.1, 0.15) is 11.8 Å². The van der Waals surface area contributed by atoms with Crippen LogP contribution in [0.1, 0.15) is 28.7 Å². The molecule has 186 valence electrons. The summed E-state index contributed by atoms with van der Waals surface area (Å²) in [5, 5.41) is 14.3. The van der Waals surface area contributed by atoms with Crippen molar-refractivity contribution in [1.29, 1.82) is 5.26 Å². The number of fused-ring (bicyclic) bond motifs is 3. The molecule has 1 fully saturated rings. The third-order valence-corrected chi connectivity index (χ3v) is 7.39. The lowest BCUT2D eigenvalue weighted by Gasteiger charge is -2.35. The first-order valence-electron chi connectivity index (χ1n) is 11.7. The van der Waals surface area contributed by atoms with Gasteiger partial charge in [-0.05, 0) is 59.2 Å². The molecule has 0 saturated carbocycles. The van der Waals surface area contributed by atoms with Gasteiger partial charge >= 0.3 is 5.97 Å². The Labute approximate surface area is 219 Å². The maximum absolute atomic E-state index is 14.0. The minimum absolute atomic E-state index is 0.363. The van der Waals surface area contributed by atoms with Crippen LogP contribution in [0.25, 0.3) is 6.08 Å². The van der Waals surface area contributed by atoms with Crippen LogP contribution in [0, 0.1) is 16.7 Å². The van der Waals surface area contributed by atoms with Gasteiger partial charge in [-0.1, -0.05) is 48.0 Å². The van der Waals surface area contributed by atoms with E-state index in [9.17, 15) is 14.9 Å². The van der Waals surface area contributed by atoms with Gasteiger partial charge in [0.2, 0.25) is 5.91 Å². The largest absolute Gasteiger partial charge is 0.497 e. The molecule has 3 aromatic rings. The lowest BCUT2D eigenvalue weighted by molar-refractivity contribution is -0.151. The molecule has 0 spiro atoms. The molecule has 2 aliphatic heterocycles. The highest BCUT2D eigenvalue weighted by molar-refractivity contribution is 6.30. The molecular weight excluding hydrogens is 490 g/mol. The molecule has 5 rings (SSSR count). The molecule has 2 aliphatic rings. The van der Waals surface area contributed by atoms with Crippen molar-refractivity contribution in [2.45, 2.75) is 18.0 Å². The summed E-state index contributed by atoms with van der Waals surface area (Å²) < 4.78 is 10.6. The fourth-order valence-corrected chi connectivity index (χ4v) is 5.65. The smallest absolute Gasteiger partial charge is 0.329 e. The molecule has 1 saturated heterocycles. The number of hydrogen-bond donors (Lipinski definition) is 1. The average Bonchev–Trinajstić information content (AvgIpc) is 3.25. The third kappa shape index (κ3) is 3.90. The van der Waals surface area contributed by atoms with Crippen molar-refractivity contribution in [3.8, 4) is 11.8 Å². The van der Waals surface area contributed by atoms with Crippen molar-refractivity contribution in [2.75, 3.05) is 19.5 Å². The van der Waals surface area contributed by atoms with Crippen LogP contribution in [0.15, 0.2) is 79.0 Å². The van der Waals surface area contributed by atoms with Gasteiger partial charge in [0, 0.05) is 22.8 Å². The molecule has 0 aromatic heterocycles. The van der Waals surface area contributed by atoms with Crippen LogP contribution in [0.2, 0.25) is 5.02 Å². The Balaban J connectivity index is 1.72. The first kappa shape index (κ1) is 24.4. The minimum Gasteiger partial charge on any atom is -0.497 e. The van der Waals surface area contributed by atoms with Gasteiger partial charge in [0.25, 0.3) is 0 Å². The second-order valence-corrected chi connectivity index (χ2v) is 9.40. The molecule has 7 nitrogen and oxygen atoms in total. The number of halogens is 1. The second kappa shape index (κ2) is 9.64. The van der Waals surface area contributed by atoms with Crippen molar-refractivity contribution in [3.05, 3.63) is 101 Å². The Bertz CT molecular complexity index is 1410. The Morgan fingerprint density at radius 2 is 1.73 bits per heavy atom. The highest BCUT2D eigenvalue weighted by Gasteiger charge is 2.67. The predicted octanol–water partition coefficient (Wildman–Crippen LogP) is 5.16. The number of carbonyl (C=O) groups excluding carboxylic acids is 2. The Hall–Kier alpha value is -4.28. The Kier molecular flexibility index (Phi) is 6.36. The summed E-state index contributed by atoms with van der Waals surface area (Å²) in [6.45, 7) is 0. The molecule has 8 heteroatoms. The molecule has 1 N–H and O–H groups in total. The number of nitrogens with zero attached hydrogens (tertiary/aromatic N) is 2. The summed E-state index contributed by atoms with van der Waals surface area (Å²) in [5.41, 5.74) is 1.13. The molecule has 0 radical (unpaired) electrons. The number of benzene rings is 3. The van der Waals surface area contributed by atoms with Crippen LogP contribution in [-0.2, 0) is 14.3 Å². The van der Waals surface area contributed by atoms with E-state index in [1.807, 2.05) is 35.2 Å². The zero-order valence-electron chi connectivity index (χ0n) is 20.2. The highest BCUT2D eigenvalue weighted by atomic mass is 35.5. The van der Waals surface area contributed by atoms with Crippen molar-refractivity contribution in [3.63, 3.8) is 0 Å². The van der Waals surface area contributed by atoms with Gasteiger partial charge in [0.15, 0.2) is 5.41 Å². The molecule has 0 bridgehead atoms. The first-order chi connectivity index (χ1) is 17.9. The van der Waals surface area contributed by atoms with Gasteiger partial charge in [-0.2, -0.15) is 5.26 Å². The second-order valence-electron chi connectivity index (χ2n) is 8.96. The van der Waals surface area contributed by atoms with Crippen molar-refractivity contribution in [1.82, 2.24) is 4.90 Å². The highest BCUT2D eigenvalue weighted by Crippen LogP contribution is 2.60. The number of ether oxygens (including phenoxy) is 2. The zero-order valence-corrected chi connectivity index (χ0v) is 21.0. The van der Waals surface area contributed by atoms with E-state index in [2.05, 4.69) is 11.4 Å². The van der Waals surface area contributed by atoms with Gasteiger partial charge in [-0.3, -0.25) is 9.59 Å². The average molecular weight is 514 g/mol. The summed E-state index contributed by atoms with van der Waals surface area (Å²) in [6.07, 6.45) is 3.68. The fraction of sp³-hybridized carbons (Fsp3) is 0.207. The van der Waals surface area contributed by atoms with Crippen molar-refractivity contribution < 1.29 is 19.1 Å². The van der Waals surface area contributed by atoms with Crippen LogP contribution in [-0.4, -0.2) is 37.0 Å². The van der Waals surface area contributed by atoms with Crippen molar-refractivity contribution in [2.24, 2.45) is 5.41 Å². The van der Waals surface area contributed by atoms with Crippen LogP contribution >= 0.6 is 11.6 Å². The summed E-state index contributed by atoms with van der Waals surface area (Å²) >= 11 is 6.02. The lowest BCUT2D eigenvalue weighted by Crippen LogP contribution is -2.42. The van der Waals surface area contributed by atoms with E-state index in [0.29, 0.717) is 22.0 Å². The lowest BCUT2D eigenvalue weighted by atomic mass is 9.67. The van der Waals surface area contributed by atoms with E-state index in [-0.39, 0.29) is 5.91 Å². The van der Waals surface area contributed by atoms with Crippen LogP contribution in [0.4, 0.5) is 5.69 Å². The molecular formula is C29H24ClN3O4. The monoisotopic (exact) mass is 513 g/mol. The standard InChI is InChI=1S/C29H24ClN3O4/c1-36-22-13-7-19(8-14-22)24-25(27(34)32-21-11-9-20(30)10-12-21)33-16-15-18-5-3-4-6-23(18)26(33)29(24,17-31)28(35)37-2/h3-16,24-26H,1-2H3,(H,32,34). The van der Waals surface area contributed by atoms with E-state index < -0.39 is 29.4 Å². The third-order valence-electron chi connectivity index (χ3n) is 7.14. The van der Waals surface area contributed by atoms with Gasteiger partial charge < -0.3 is 19.7 Å². The van der Waals surface area contributed by atoms with E-state index in [4.69, 9.17) is 21.1 Å². The summed E-state index contributed by atoms with van der Waals surface area (Å²) in [7, 11) is 2.82. The molecule has 37 heavy (non-hydrogen) atoms. The summed E-state index contributed by atoms with van der Waals surface area (Å²) in [5.74, 6) is -1.30. The quantitative estimate of drug-likeness (QED) is 0.474. The predicted molar refractivity (Wildman–Crippen MR) is 140 cm³/mol. The fourth-order valence-electron chi connectivity index (χ4n) is 5.53. The molecule has 4 atom stereocenters. The van der Waals surface area contributed by atoms with Crippen LogP contribution in [0.5, 0.6) is 5.75 Å². The number of rotatable bonds is 5. The van der Waals surface area contributed by atoms with Gasteiger partial charge in [-0.15, -0.1) is 0 Å². The SMILES string of the molecule is COC(=O)C1(C#N)C(c2ccc(OC)cc2)C(C(=O)Nc2ccc(Cl)cc2)N2C=Cc3ccccc3C21. The van der Waals surface area contributed by atoms with Gasteiger partial charge in [0.05, 0.1) is 26.3 Å². The topological polar surface area (TPSA) is 91.7 Å². The molecule has 1 amide bonds. The Morgan fingerprint density at radius 1 is 1.03 bits per heavy atom. The van der Waals surface area contributed by atoms with Crippen molar-refractivity contribution >= 4 is 35.2 Å². The summed E-state index contributed by atoms with van der Waals surface area (Å²) in [6, 6.07) is 22.1. The number of nitriles is 1. The number of nitrogens with one attached hydrogen (secondary N) is 1. The van der Waals surface area contributed by atoms with E-state index >= 15 is 0 Å². The molecule has 3 aromatic carbocycles. The number of carbonyl (C=O) groups is 2. The maximum atomic E-state index is 14.0. The number of hydrogen-bond acceptors (Lipinski definition) is 6. The molecule has 4 unspecified atom stereocenters. The van der Waals surface area contributed by atoms with E-state index in [1.54, 1.807) is 61.8 Å². The number of amides is 1. The number of esters is 1. The maximum Gasteiger partial charge on any atom is 0.329 e.